The van der Waals surface area contributed by atoms with Gasteiger partial charge in [0.2, 0.25) is 11.8 Å². The van der Waals surface area contributed by atoms with Crippen LogP contribution in [0.4, 0.5) is 0 Å². The van der Waals surface area contributed by atoms with Gasteiger partial charge >= 0.3 is 0 Å². The summed E-state index contributed by atoms with van der Waals surface area (Å²) in [5.74, 6) is 5.74. The van der Waals surface area contributed by atoms with Crippen molar-refractivity contribution in [3.05, 3.63) is 34.9 Å². The number of fused-ring (bicyclic) bond motifs is 1. The SMILES string of the molecule is O=C1CCC(N2Cc3c(C#CCCCCCCN4CCCCC4)cccc3C2=O)C(=O)N1. The Morgan fingerprint density at radius 1 is 1.00 bits per heavy atom. The third-order valence-corrected chi connectivity index (χ3v) is 6.78. The highest BCUT2D eigenvalue weighted by atomic mass is 16.2. The highest BCUT2D eigenvalue weighted by Gasteiger charge is 2.39. The van der Waals surface area contributed by atoms with Crippen molar-refractivity contribution in [1.82, 2.24) is 15.1 Å². The van der Waals surface area contributed by atoms with E-state index in [2.05, 4.69) is 22.1 Å². The summed E-state index contributed by atoms with van der Waals surface area (Å²) in [6, 6.07) is 5.02. The summed E-state index contributed by atoms with van der Waals surface area (Å²) >= 11 is 0. The molecule has 1 aromatic rings. The van der Waals surface area contributed by atoms with Crippen molar-refractivity contribution in [3.63, 3.8) is 0 Å². The molecule has 0 saturated carbocycles. The predicted molar refractivity (Wildman–Crippen MR) is 123 cm³/mol. The second kappa shape index (κ2) is 10.8. The summed E-state index contributed by atoms with van der Waals surface area (Å²) in [4.78, 5) is 40.7. The van der Waals surface area contributed by atoms with E-state index in [-0.39, 0.29) is 24.1 Å². The van der Waals surface area contributed by atoms with Crippen LogP contribution in [-0.4, -0.2) is 53.2 Å². The lowest BCUT2D eigenvalue weighted by atomic mass is 10.0. The van der Waals surface area contributed by atoms with Crippen LogP contribution in [0.5, 0.6) is 0 Å². The lowest BCUT2D eigenvalue weighted by Crippen LogP contribution is -2.52. The molecule has 1 atom stereocenters. The van der Waals surface area contributed by atoms with E-state index in [1.165, 1.54) is 58.2 Å². The lowest BCUT2D eigenvalue weighted by molar-refractivity contribution is -0.136. The van der Waals surface area contributed by atoms with E-state index in [1.807, 2.05) is 12.1 Å². The Kier molecular flexibility index (Phi) is 7.59. The molecule has 3 aliphatic heterocycles. The van der Waals surface area contributed by atoms with Crippen LogP contribution in [0.1, 0.15) is 85.7 Å². The van der Waals surface area contributed by atoms with E-state index in [0.717, 1.165) is 24.0 Å². The molecule has 0 aromatic heterocycles. The number of nitrogens with zero attached hydrogens (tertiary/aromatic N) is 2. The first kappa shape index (κ1) is 22.5. The third-order valence-electron chi connectivity index (χ3n) is 6.78. The number of piperidine rings is 2. The summed E-state index contributed by atoms with van der Waals surface area (Å²) in [5, 5.41) is 2.35. The quantitative estimate of drug-likeness (QED) is 0.406. The minimum atomic E-state index is -0.585. The monoisotopic (exact) mass is 435 g/mol. The molecule has 3 aliphatic rings. The molecule has 32 heavy (non-hydrogen) atoms. The van der Waals surface area contributed by atoms with Crippen LogP contribution in [-0.2, 0) is 16.1 Å². The van der Waals surface area contributed by atoms with Gasteiger partial charge in [0.1, 0.15) is 6.04 Å². The van der Waals surface area contributed by atoms with E-state index in [1.54, 1.807) is 11.0 Å². The van der Waals surface area contributed by atoms with E-state index < -0.39 is 6.04 Å². The molecule has 1 aromatic carbocycles. The summed E-state index contributed by atoms with van der Waals surface area (Å²) in [7, 11) is 0. The molecule has 1 unspecified atom stereocenters. The molecule has 6 heteroatoms. The van der Waals surface area contributed by atoms with Crippen molar-refractivity contribution in [2.24, 2.45) is 0 Å². The van der Waals surface area contributed by atoms with E-state index in [4.69, 9.17) is 0 Å². The van der Waals surface area contributed by atoms with Gasteiger partial charge in [-0.05, 0) is 69.4 Å². The van der Waals surface area contributed by atoms with Crippen LogP contribution >= 0.6 is 0 Å². The number of hydrogen-bond donors (Lipinski definition) is 1. The van der Waals surface area contributed by atoms with Gasteiger partial charge in [0.15, 0.2) is 0 Å². The zero-order valence-electron chi connectivity index (χ0n) is 18.8. The molecule has 0 radical (unpaired) electrons. The maximum atomic E-state index is 12.9. The average Bonchev–Trinajstić information content (AvgIpc) is 3.13. The Hall–Kier alpha value is -2.65. The lowest BCUT2D eigenvalue weighted by Gasteiger charge is -2.29. The first-order chi connectivity index (χ1) is 15.6. The Labute approximate surface area is 190 Å². The molecule has 4 rings (SSSR count). The summed E-state index contributed by atoms with van der Waals surface area (Å²) in [6.45, 7) is 4.16. The van der Waals surface area contributed by atoms with Gasteiger partial charge in [-0.15, -0.1) is 0 Å². The van der Waals surface area contributed by atoms with Gasteiger partial charge in [-0.25, -0.2) is 0 Å². The zero-order chi connectivity index (χ0) is 22.3. The molecule has 2 saturated heterocycles. The molecular weight excluding hydrogens is 402 g/mol. The van der Waals surface area contributed by atoms with Crippen molar-refractivity contribution in [1.29, 1.82) is 0 Å². The summed E-state index contributed by atoms with van der Waals surface area (Å²) < 4.78 is 0. The first-order valence-corrected chi connectivity index (χ1v) is 12.1. The van der Waals surface area contributed by atoms with Gasteiger partial charge in [-0.1, -0.05) is 37.2 Å². The van der Waals surface area contributed by atoms with Crippen molar-refractivity contribution in [2.75, 3.05) is 19.6 Å². The Morgan fingerprint density at radius 2 is 1.81 bits per heavy atom. The van der Waals surface area contributed by atoms with Crippen molar-refractivity contribution in [3.8, 4) is 11.8 Å². The van der Waals surface area contributed by atoms with Gasteiger partial charge in [-0.2, -0.15) is 0 Å². The fourth-order valence-corrected chi connectivity index (χ4v) is 4.95. The molecule has 170 valence electrons. The number of carbonyl (C=O) groups excluding carboxylic acids is 3. The van der Waals surface area contributed by atoms with Crippen LogP contribution in [0.15, 0.2) is 18.2 Å². The minimum Gasteiger partial charge on any atom is -0.322 e. The number of imide groups is 1. The molecule has 0 bridgehead atoms. The molecule has 6 nitrogen and oxygen atoms in total. The molecule has 2 fully saturated rings. The normalized spacial score (nSPS) is 21.2. The number of hydrogen-bond acceptors (Lipinski definition) is 4. The van der Waals surface area contributed by atoms with Crippen LogP contribution in [0.25, 0.3) is 0 Å². The maximum absolute atomic E-state index is 12.9. The first-order valence-electron chi connectivity index (χ1n) is 12.1. The standard InChI is InChI=1S/C26H33N3O3/c30-24-15-14-23(25(31)27-24)29-19-22-20(12-10-13-21(22)26(29)32)11-6-3-1-2-4-7-16-28-17-8-5-9-18-28/h10,12-13,23H,1-5,7-9,14-19H2,(H,27,30,31). The number of amides is 3. The third kappa shape index (κ3) is 5.39. The topological polar surface area (TPSA) is 69.7 Å². The van der Waals surface area contributed by atoms with E-state index in [9.17, 15) is 14.4 Å². The maximum Gasteiger partial charge on any atom is 0.255 e. The smallest absolute Gasteiger partial charge is 0.255 e. The molecular formula is C26H33N3O3. The Bertz CT molecular complexity index is 924. The number of carbonyl (C=O) groups is 3. The van der Waals surface area contributed by atoms with Gasteiger partial charge in [0.05, 0.1) is 0 Å². The van der Waals surface area contributed by atoms with Crippen LogP contribution < -0.4 is 5.32 Å². The Balaban J connectivity index is 1.25. The van der Waals surface area contributed by atoms with Gasteiger partial charge in [0, 0.05) is 30.5 Å². The molecule has 0 aliphatic carbocycles. The fourth-order valence-electron chi connectivity index (χ4n) is 4.95. The highest BCUT2D eigenvalue weighted by molar-refractivity contribution is 6.05. The van der Waals surface area contributed by atoms with Crippen LogP contribution in [0.3, 0.4) is 0 Å². The van der Waals surface area contributed by atoms with Crippen molar-refractivity contribution >= 4 is 17.7 Å². The number of likely N-dealkylation sites (tertiary alicyclic amines) is 1. The second-order valence-corrected chi connectivity index (χ2v) is 9.10. The predicted octanol–water partition coefficient (Wildman–Crippen LogP) is 3.24. The fraction of sp³-hybridized carbons (Fsp3) is 0.577. The Morgan fingerprint density at radius 3 is 2.62 bits per heavy atom. The minimum absolute atomic E-state index is 0.146. The van der Waals surface area contributed by atoms with Crippen molar-refractivity contribution in [2.45, 2.75) is 76.8 Å². The van der Waals surface area contributed by atoms with E-state index in [0.29, 0.717) is 18.5 Å². The van der Waals surface area contributed by atoms with Crippen LogP contribution in [0, 0.1) is 11.8 Å². The molecule has 1 N–H and O–H groups in total. The van der Waals surface area contributed by atoms with Crippen molar-refractivity contribution < 1.29 is 14.4 Å². The molecule has 3 heterocycles. The van der Waals surface area contributed by atoms with Gasteiger partial charge < -0.3 is 9.80 Å². The number of rotatable bonds is 7. The number of unbranched alkanes of at least 4 members (excludes halogenated alkanes) is 4. The summed E-state index contributed by atoms with van der Waals surface area (Å²) in [5.41, 5.74) is 2.39. The van der Waals surface area contributed by atoms with Gasteiger partial charge in [0.25, 0.3) is 5.91 Å². The van der Waals surface area contributed by atoms with Gasteiger partial charge in [-0.3, -0.25) is 19.7 Å². The average molecular weight is 436 g/mol. The number of benzene rings is 1. The summed E-state index contributed by atoms with van der Waals surface area (Å²) in [6.07, 6.45) is 10.4. The zero-order valence-corrected chi connectivity index (χ0v) is 18.8. The van der Waals surface area contributed by atoms with Crippen LogP contribution in [0.2, 0.25) is 0 Å². The second-order valence-electron chi connectivity index (χ2n) is 9.10. The largest absolute Gasteiger partial charge is 0.322 e. The molecule has 3 amide bonds. The number of nitrogens with one attached hydrogen (secondary N) is 1. The molecule has 0 spiro atoms. The van der Waals surface area contributed by atoms with E-state index >= 15 is 0 Å². The highest BCUT2D eigenvalue weighted by Crippen LogP contribution is 2.29.